The van der Waals surface area contributed by atoms with Gasteiger partial charge in [-0.1, -0.05) is 19.9 Å². The van der Waals surface area contributed by atoms with Crippen LogP contribution in [0.5, 0.6) is 5.75 Å². The molecule has 2 aromatic carbocycles. The van der Waals surface area contributed by atoms with E-state index in [1.807, 2.05) is 6.07 Å². The predicted octanol–water partition coefficient (Wildman–Crippen LogP) is 4.69. The van der Waals surface area contributed by atoms with E-state index in [-0.39, 0.29) is 17.9 Å². The number of benzene rings is 2. The van der Waals surface area contributed by atoms with Gasteiger partial charge in [-0.3, -0.25) is 4.90 Å². The van der Waals surface area contributed by atoms with Crippen LogP contribution in [0.3, 0.4) is 0 Å². The summed E-state index contributed by atoms with van der Waals surface area (Å²) in [7, 11) is 1.68. The van der Waals surface area contributed by atoms with E-state index in [4.69, 9.17) is 4.74 Å². The monoisotopic (exact) mass is 426 g/mol. The number of hydrogen-bond acceptors (Lipinski definition) is 3. The lowest BCUT2D eigenvalue weighted by molar-refractivity contribution is 0.0245. The van der Waals surface area contributed by atoms with Crippen LogP contribution in [0.15, 0.2) is 36.4 Å². The maximum Gasteiger partial charge on any atom is 0.321 e. The van der Waals surface area contributed by atoms with Crippen LogP contribution in [0.1, 0.15) is 50.3 Å². The molecule has 2 aliphatic heterocycles. The first-order valence-electron chi connectivity index (χ1n) is 10.5. The van der Waals surface area contributed by atoms with Crippen molar-refractivity contribution in [2.24, 2.45) is 0 Å². The minimum absolute atomic E-state index is 0.189. The highest BCUT2D eigenvalue weighted by Crippen LogP contribution is 2.43. The SMILES string of the molecule is CCC1(CC)C[C@@H](NC(=O)Nc2cccc3c2CNC(=O)N3C)c2cc(F)ccc2O1. The van der Waals surface area contributed by atoms with Crippen molar-refractivity contribution in [1.82, 2.24) is 10.6 Å². The zero-order chi connectivity index (χ0) is 22.2. The average Bonchev–Trinajstić information content (AvgIpc) is 2.77. The molecule has 0 aliphatic carbocycles. The van der Waals surface area contributed by atoms with Gasteiger partial charge in [0, 0.05) is 36.8 Å². The first-order chi connectivity index (χ1) is 14.9. The summed E-state index contributed by atoms with van der Waals surface area (Å²) in [6.07, 6.45) is 2.10. The molecule has 2 heterocycles. The molecular weight excluding hydrogens is 399 g/mol. The highest BCUT2D eigenvalue weighted by atomic mass is 19.1. The van der Waals surface area contributed by atoms with E-state index in [1.54, 1.807) is 25.2 Å². The fourth-order valence-corrected chi connectivity index (χ4v) is 4.35. The molecule has 164 valence electrons. The number of urea groups is 2. The lowest BCUT2D eigenvalue weighted by atomic mass is 9.83. The van der Waals surface area contributed by atoms with Crippen molar-refractivity contribution in [3.63, 3.8) is 0 Å². The van der Waals surface area contributed by atoms with Crippen molar-refractivity contribution >= 4 is 23.4 Å². The molecule has 4 amide bonds. The molecule has 8 heteroatoms. The lowest BCUT2D eigenvalue weighted by Gasteiger charge is -2.41. The second-order valence-corrected chi connectivity index (χ2v) is 8.05. The van der Waals surface area contributed by atoms with Gasteiger partial charge in [0.15, 0.2) is 0 Å². The van der Waals surface area contributed by atoms with Crippen LogP contribution in [-0.2, 0) is 6.54 Å². The number of anilines is 2. The predicted molar refractivity (Wildman–Crippen MR) is 117 cm³/mol. The zero-order valence-electron chi connectivity index (χ0n) is 17.9. The maximum absolute atomic E-state index is 13.9. The van der Waals surface area contributed by atoms with Crippen LogP contribution in [0.2, 0.25) is 0 Å². The summed E-state index contributed by atoms with van der Waals surface area (Å²) in [5, 5.41) is 8.69. The standard InChI is InChI=1S/C23H27FN4O3/c1-4-23(5-2)12-18(15-11-14(24)9-10-20(15)31-23)27-21(29)26-17-7-6-8-19-16(17)13-25-22(30)28(19)3/h6-11,18H,4-5,12-13H2,1-3H3,(H,25,30)(H2,26,27,29)/t18-/m1/s1. The van der Waals surface area contributed by atoms with E-state index >= 15 is 0 Å². The number of hydrogen-bond donors (Lipinski definition) is 3. The number of ether oxygens (including phenoxy) is 1. The molecule has 0 unspecified atom stereocenters. The molecule has 0 saturated carbocycles. The van der Waals surface area contributed by atoms with Gasteiger partial charge < -0.3 is 20.7 Å². The Hall–Kier alpha value is -3.29. The topological polar surface area (TPSA) is 82.7 Å². The molecule has 7 nitrogen and oxygen atoms in total. The Bertz CT molecular complexity index is 1020. The third kappa shape index (κ3) is 3.89. The molecule has 0 spiro atoms. The van der Waals surface area contributed by atoms with Crippen LogP contribution in [0, 0.1) is 5.82 Å². The van der Waals surface area contributed by atoms with E-state index in [0.717, 1.165) is 24.1 Å². The minimum atomic E-state index is -0.415. The number of carbonyl (C=O) groups is 2. The van der Waals surface area contributed by atoms with E-state index in [9.17, 15) is 14.0 Å². The number of amides is 4. The molecule has 0 bridgehead atoms. The molecule has 2 aliphatic rings. The lowest BCUT2D eigenvalue weighted by Crippen LogP contribution is -2.45. The Balaban J connectivity index is 1.58. The summed E-state index contributed by atoms with van der Waals surface area (Å²) in [5.74, 6) is 0.231. The van der Waals surface area contributed by atoms with Crippen LogP contribution < -0.4 is 25.6 Å². The van der Waals surface area contributed by atoms with Gasteiger partial charge in [0.2, 0.25) is 0 Å². The Morgan fingerprint density at radius 3 is 2.81 bits per heavy atom. The molecule has 0 fully saturated rings. The third-order valence-electron chi connectivity index (χ3n) is 6.33. The van der Waals surface area contributed by atoms with E-state index in [1.165, 1.54) is 17.0 Å². The van der Waals surface area contributed by atoms with Gasteiger partial charge in [-0.05, 0) is 43.2 Å². The van der Waals surface area contributed by atoms with Crippen molar-refractivity contribution in [2.45, 2.75) is 51.3 Å². The number of nitrogens with zero attached hydrogens (tertiary/aromatic N) is 1. The van der Waals surface area contributed by atoms with Gasteiger partial charge in [-0.15, -0.1) is 0 Å². The van der Waals surface area contributed by atoms with Crippen molar-refractivity contribution in [3.8, 4) is 5.75 Å². The van der Waals surface area contributed by atoms with Crippen LogP contribution in [-0.4, -0.2) is 24.7 Å². The van der Waals surface area contributed by atoms with Gasteiger partial charge >= 0.3 is 12.1 Å². The number of halogens is 1. The second-order valence-electron chi connectivity index (χ2n) is 8.05. The summed E-state index contributed by atoms with van der Waals surface area (Å²) in [6, 6.07) is 8.88. The molecule has 0 saturated heterocycles. The van der Waals surface area contributed by atoms with Gasteiger partial charge in [0.05, 0.1) is 11.7 Å². The first-order valence-corrected chi connectivity index (χ1v) is 10.5. The van der Waals surface area contributed by atoms with Crippen LogP contribution in [0.25, 0.3) is 0 Å². The third-order valence-corrected chi connectivity index (χ3v) is 6.33. The maximum atomic E-state index is 13.9. The van der Waals surface area contributed by atoms with Gasteiger partial charge in [0.1, 0.15) is 17.2 Å². The summed E-state index contributed by atoms with van der Waals surface area (Å²) in [6.45, 7) is 4.43. The zero-order valence-corrected chi connectivity index (χ0v) is 17.9. The van der Waals surface area contributed by atoms with Gasteiger partial charge in [-0.2, -0.15) is 0 Å². The first kappa shape index (κ1) is 21.0. The molecule has 0 radical (unpaired) electrons. The molecule has 31 heavy (non-hydrogen) atoms. The molecular formula is C23H27FN4O3. The molecule has 3 N–H and O–H groups in total. The quantitative estimate of drug-likeness (QED) is 0.663. The van der Waals surface area contributed by atoms with E-state index < -0.39 is 11.6 Å². The fourth-order valence-electron chi connectivity index (χ4n) is 4.35. The Morgan fingerprint density at radius 1 is 1.29 bits per heavy atom. The Labute approximate surface area is 181 Å². The minimum Gasteiger partial charge on any atom is -0.487 e. The largest absolute Gasteiger partial charge is 0.487 e. The van der Waals surface area contributed by atoms with Crippen molar-refractivity contribution < 1.29 is 18.7 Å². The number of fused-ring (bicyclic) bond motifs is 2. The van der Waals surface area contributed by atoms with Crippen LogP contribution >= 0.6 is 0 Å². The van der Waals surface area contributed by atoms with Crippen molar-refractivity contribution in [2.75, 3.05) is 17.3 Å². The molecule has 2 aromatic rings. The number of rotatable bonds is 4. The number of nitrogens with one attached hydrogen (secondary N) is 3. The van der Waals surface area contributed by atoms with E-state index in [2.05, 4.69) is 29.8 Å². The summed E-state index contributed by atoms with van der Waals surface area (Å²) < 4.78 is 20.2. The molecule has 4 rings (SSSR count). The summed E-state index contributed by atoms with van der Waals surface area (Å²) in [5.41, 5.74) is 2.41. The Morgan fingerprint density at radius 2 is 2.06 bits per heavy atom. The smallest absolute Gasteiger partial charge is 0.321 e. The molecule has 1 atom stereocenters. The summed E-state index contributed by atoms with van der Waals surface area (Å²) in [4.78, 5) is 26.3. The fraction of sp³-hybridized carbons (Fsp3) is 0.391. The van der Waals surface area contributed by atoms with Crippen LogP contribution in [0.4, 0.5) is 25.4 Å². The normalized spacial score (nSPS) is 18.9. The summed E-state index contributed by atoms with van der Waals surface area (Å²) >= 11 is 0. The number of carbonyl (C=O) groups excluding carboxylic acids is 2. The van der Waals surface area contributed by atoms with Gasteiger partial charge in [-0.25, -0.2) is 14.0 Å². The molecule has 0 aromatic heterocycles. The van der Waals surface area contributed by atoms with Crippen molar-refractivity contribution in [3.05, 3.63) is 53.3 Å². The van der Waals surface area contributed by atoms with Crippen molar-refractivity contribution in [1.29, 1.82) is 0 Å². The van der Waals surface area contributed by atoms with E-state index in [0.29, 0.717) is 30.0 Å². The average molecular weight is 426 g/mol. The highest BCUT2D eigenvalue weighted by Gasteiger charge is 2.39. The Kier molecular flexibility index (Phi) is 5.47. The van der Waals surface area contributed by atoms with Gasteiger partial charge in [0.25, 0.3) is 0 Å². The highest BCUT2D eigenvalue weighted by molar-refractivity contribution is 5.98. The second kappa shape index (κ2) is 8.09.